The van der Waals surface area contributed by atoms with Crippen LogP contribution in [0, 0.1) is 0 Å². The zero-order valence-corrected chi connectivity index (χ0v) is 9.08. The molecule has 0 aromatic carbocycles. The van der Waals surface area contributed by atoms with Gasteiger partial charge in [-0.25, -0.2) is 4.98 Å². The Hall–Kier alpha value is -1.58. The maximum absolute atomic E-state index is 11.7. The van der Waals surface area contributed by atoms with Gasteiger partial charge in [-0.2, -0.15) is 0 Å². The van der Waals surface area contributed by atoms with Crippen LogP contribution >= 0.6 is 0 Å². The summed E-state index contributed by atoms with van der Waals surface area (Å²) in [6.07, 6.45) is 6.22. The second-order valence-corrected chi connectivity index (χ2v) is 3.59. The SMILES string of the molecule is CCCc1nc(CC)n2cc[nH]c(=O)c12. The second kappa shape index (κ2) is 3.88. The smallest absolute Gasteiger partial charge is 0.274 e. The van der Waals surface area contributed by atoms with Crippen LogP contribution in [0.25, 0.3) is 5.52 Å². The van der Waals surface area contributed by atoms with Crippen LogP contribution in [0.1, 0.15) is 31.8 Å². The van der Waals surface area contributed by atoms with Crippen molar-refractivity contribution in [2.24, 2.45) is 0 Å². The Morgan fingerprint density at radius 1 is 1.47 bits per heavy atom. The summed E-state index contributed by atoms with van der Waals surface area (Å²) in [6, 6.07) is 0. The molecule has 2 aromatic rings. The lowest BCUT2D eigenvalue weighted by Gasteiger charge is -1.96. The van der Waals surface area contributed by atoms with Crippen molar-refractivity contribution < 1.29 is 0 Å². The van der Waals surface area contributed by atoms with Crippen LogP contribution in [0.3, 0.4) is 0 Å². The predicted octanol–water partition coefficient (Wildman–Crippen LogP) is 1.54. The zero-order valence-electron chi connectivity index (χ0n) is 9.08. The molecular formula is C11H15N3O. The molecule has 0 radical (unpaired) electrons. The van der Waals surface area contributed by atoms with Gasteiger partial charge < -0.3 is 4.98 Å². The molecule has 0 aliphatic carbocycles. The topological polar surface area (TPSA) is 50.2 Å². The first-order valence-electron chi connectivity index (χ1n) is 5.35. The maximum Gasteiger partial charge on any atom is 0.274 e. The minimum atomic E-state index is -0.0480. The van der Waals surface area contributed by atoms with E-state index in [1.807, 2.05) is 17.5 Å². The quantitative estimate of drug-likeness (QED) is 0.826. The summed E-state index contributed by atoms with van der Waals surface area (Å²) >= 11 is 0. The lowest BCUT2D eigenvalue weighted by atomic mass is 10.2. The standard InChI is InChI=1S/C11H15N3O/c1-3-5-8-10-11(15)12-6-7-14(10)9(4-2)13-8/h6-7H,3-5H2,1-2H3,(H,12,15). The molecule has 80 valence electrons. The monoisotopic (exact) mass is 205 g/mol. The first-order chi connectivity index (χ1) is 7.27. The molecule has 2 heterocycles. The van der Waals surface area contributed by atoms with E-state index in [4.69, 9.17) is 0 Å². The number of H-pyrrole nitrogens is 1. The van der Waals surface area contributed by atoms with Crippen LogP contribution in [0.15, 0.2) is 17.2 Å². The van der Waals surface area contributed by atoms with Crippen molar-refractivity contribution in [2.45, 2.75) is 33.1 Å². The van der Waals surface area contributed by atoms with Crippen LogP contribution in [-0.2, 0) is 12.8 Å². The van der Waals surface area contributed by atoms with Gasteiger partial charge in [0.2, 0.25) is 0 Å². The number of aryl methyl sites for hydroxylation is 2. The number of rotatable bonds is 3. The highest BCUT2D eigenvalue weighted by Crippen LogP contribution is 2.11. The average molecular weight is 205 g/mol. The van der Waals surface area contributed by atoms with E-state index >= 15 is 0 Å². The molecule has 1 N–H and O–H groups in total. The van der Waals surface area contributed by atoms with Gasteiger partial charge in [0.1, 0.15) is 11.3 Å². The third-order valence-electron chi connectivity index (χ3n) is 2.51. The second-order valence-electron chi connectivity index (χ2n) is 3.59. The molecule has 0 amide bonds. The Kier molecular flexibility index (Phi) is 2.58. The molecule has 4 nitrogen and oxygen atoms in total. The molecule has 4 heteroatoms. The highest BCUT2D eigenvalue weighted by molar-refractivity contribution is 5.51. The highest BCUT2D eigenvalue weighted by atomic mass is 16.1. The average Bonchev–Trinajstić information content (AvgIpc) is 2.59. The molecule has 15 heavy (non-hydrogen) atoms. The Balaban J connectivity index is 2.76. The van der Waals surface area contributed by atoms with Gasteiger partial charge in [-0.05, 0) is 6.42 Å². The van der Waals surface area contributed by atoms with Crippen molar-refractivity contribution >= 4 is 5.52 Å². The highest BCUT2D eigenvalue weighted by Gasteiger charge is 2.11. The van der Waals surface area contributed by atoms with Crippen LogP contribution in [0.4, 0.5) is 0 Å². The van der Waals surface area contributed by atoms with E-state index in [0.717, 1.165) is 30.8 Å². The van der Waals surface area contributed by atoms with Crippen molar-refractivity contribution in [3.63, 3.8) is 0 Å². The summed E-state index contributed by atoms with van der Waals surface area (Å²) in [5.74, 6) is 0.958. The summed E-state index contributed by atoms with van der Waals surface area (Å²) < 4.78 is 1.89. The fourth-order valence-electron chi connectivity index (χ4n) is 1.85. The summed E-state index contributed by atoms with van der Waals surface area (Å²) in [5.41, 5.74) is 1.57. The van der Waals surface area contributed by atoms with Gasteiger partial charge in [-0.3, -0.25) is 9.20 Å². The molecule has 0 spiro atoms. The molecule has 0 aliphatic heterocycles. The Bertz CT molecular complexity index is 524. The van der Waals surface area contributed by atoms with Crippen LogP contribution in [0.2, 0.25) is 0 Å². The number of imidazole rings is 1. The molecule has 0 aliphatic rings. The van der Waals surface area contributed by atoms with Crippen molar-refractivity contribution in [1.82, 2.24) is 14.4 Å². The van der Waals surface area contributed by atoms with Gasteiger partial charge in [0.25, 0.3) is 5.56 Å². The number of nitrogens with zero attached hydrogens (tertiary/aromatic N) is 2. The van der Waals surface area contributed by atoms with Gasteiger partial charge in [0, 0.05) is 18.8 Å². The molecule has 0 atom stereocenters. The molecule has 0 bridgehead atoms. The van der Waals surface area contributed by atoms with Gasteiger partial charge in [-0.15, -0.1) is 0 Å². The van der Waals surface area contributed by atoms with Gasteiger partial charge >= 0.3 is 0 Å². The van der Waals surface area contributed by atoms with E-state index < -0.39 is 0 Å². The maximum atomic E-state index is 11.7. The molecule has 2 rings (SSSR count). The minimum Gasteiger partial charge on any atom is -0.326 e. The van der Waals surface area contributed by atoms with Crippen LogP contribution in [0.5, 0.6) is 0 Å². The molecule has 0 saturated heterocycles. The van der Waals surface area contributed by atoms with Crippen molar-refractivity contribution in [3.05, 3.63) is 34.3 Å². The molecule has 2 aromatic heterocycles. The van der Waals surface area contributed by atoms with E-state index in [2.05, 4.69) is 16.9 Å². The van der Waals surface area contributed by atoms with E-state index in [1.165, 1.54) is 0 Å². The van der Waals surface area contributed by atoms with E-state index in [0.29, 0.717) is 5.52 Å². The number of hydrogen-bond donors (Lipinski definition) is 1. The molecular weight excluding hydrogens is 190 g/mol. The van der Waals surface area contributed by atoms with Crippen LogP contribution in [-0.4, -0.2) is 14.4 Å². The number of hydrogen-bond acceptors (Lipinski definition) is 2. The fraction of sp³-hybridized carbons (Fsp3) is 0.455. The summed E-state index contributed by atoms with van der Waals surface area (Å²) in [6.45, 7) is 4.14. The number of nitrogens with one attached hydrogen (secondary N) is 1. The zero-order chi connectivity index (χ0) is 10.8. The lowest BCUT2D eigenvalue weighted by Crippen LogP contribution is -2.10. The summed E-state index contributed by atoms with van der Waals surface area (Å²) in [5, 5.41) is 0. The first-order valence-corrected chi connectivity index (χ1v) is 5.35. The van der Waals surface area contributed by atoms with Crippen molar-refractivity contribution in [1.29, 1.82) is 0 Å². The Labute approximate surface area is 88.0 Å². The molecule has 0 saturated carbocycles. The summed E-state index contributed by atoms with van der Waals surface area (Å²) in [7, 11) is 0. The van der Waals surface area contributed by atoms with Crippen molar-refractivity contribution in [2.75, 3.05) is 0 Å². The number of aromatic amines is 1. The third kappa shape index (κ3) is 1.56. The van der Waals surface area contributed by atoms with Crippen molar-refractivity contribution in [3.8, 4) is 0 Å². The Morgan fingerprint density at radius 3 is 2.93 bits per heavy atom. The molecule has 0 unspecified atom stereocenters. The first kappa shape index (κ1) is 9.96. The van der Waals surface area contributed by atoms with Crippen LogP contribution < -0.4 is 5.56 Å². The number of aromatic nitrogens is 3. The normalized spacial score (nSPS) is 11.1. The fourth-order valence-corrected chi connectivity index (χ4v) is 1.85. The van der Waals surface area contributed by atoms with E-state index in [9.17, 15) is 4.79 Å². The van der Waals surface area contributed by atoms with Gasteiger partial charge in [-0.1, -0.05) is 20.3 Å². The third-order valence-corrected chi connectivity index (χ3v) is 2.51. The lowest BCUT2D eigenvalue weighted by molar-refractivity contribution is 0.876. The number of fused-ring (bicyclic) bond motifs is 1. The molecule has 0 fully saturated rings. The largest absolute Gasteiger partial charge is 0.326 e. The Morgan fingerprint density at radius 2 is 2.27 bits per heavy atom. The van der Waals surface area contributed by atoms with E-state index in [-0.39, 0.29) is 5.56 Å². The summed E-state index contributed by atoms with van der Waals surface area (Å²) in [4.78, 5) is 18.9. The van der Waals surface area contributed by atoms with E-state index in [1.54, 1.807) is 6.20 Å². The van der Waals surface area contributed by atoms with Gasteiger partial charge in [0.05, 0.1) is 5.69 Å². The minimum absolute atomic E-state index is 0.0480. The van der Waals surface area contributed by atoms with Gasteiger partial charge in [0.15, 0.2) is 0 Å². The predicted molar refractivity (Wildman–Crippen MR) is 59.2 cm³/mol.